The van der Waals surface area contributed by atoms with Crippen molar-refractivity contribution >= 4 is 34.1 Å². The summed E-state index contributed by atoms with van der Waals surface area (Å²) in [5.41, 5.74) is 1.76. The Morgan fingerprint density at radius 2 is 1.97 bits per heavy atom. The Balaban J connectivity index is 1.55. The quantitative estimate of drug-likeness (QED) is 0.454. The number of aromatic nitrogens is 6. The SMILES string of the molecule is CCc1nnc(NC(=O)CSc2nnc(-c3cccnc3)n2-c2ccccc2)s1. The second kappa shape index (κ2) is 8.93. The van der Waals surface area contributed by atoms with Gasteiger partial charge in [-0.3, -0.25) is 19.7 Å². The van der Waals surface area contributed by atoms with Gasteiger partial charge in [-0.05, 0) is 30.7 Å². The summed E-state index contributed by atoms with van der Waals surface area (Å²) < 4.78 is 1.93. The van der Waals surface area contributed by atoms with Crippen LogP contribution in [0, 0.1) is 0 Å². The van der Waals surface area contributed by atoms with Crippen LogP contribution >= 0.6 is 23.1 Å². The van der Waals surface area contributed by atoms with Crippen molar-refractivity contribution in [1.82, 2.24) is 29.9 Å². The van der Waals surface area contributed by atoms with E-state index >= 15 is 0 Å². The average Bonchev–Trinajstić information content (AvgIpc) is 3.40. The van der Waals surface area contributed by atoms with Crippen LogP contribution in [0.5, 0.6) is 0 Å². The average molecular weight is 424 g/mol. The van der Waals surface area contributed by atoms with Crippen LogP contribution in [0.4, 0.5) is 5.13 Å². The fraction of sp³-hybridized carbons (Fsp3) is 0.158. The number of hydrogen-bond acceptors (Lipinski definition) is 8. The van der Waals surface area contributed by atoms with Crippen molar-refractivity contribution < 1.29 is 4.79 Å². The van der Waals surface area contributed by atoms with Crippen LogP contribution in [0.15, 0.2) is 60.0 Å². The Bertz CT molecular complexity index is 1100. The predicted molar refractivity (Wildman–Crippen MR) is 113 cm³/mol. The lowest BCUT2D eigenvalue weighted by molar-refractivity contribution is -0.113. The van der Waals surface area contributed by atoms with Crippen LogP contribution in [-0.4, -0.2) is 41.6 Å². The number of nitrogens with one attached hydrogen (secondary N) is 1. The third-order valence-corrected chi connectivity index (χ3v) is 5.83. The number of aryl methyl sites for hydroxylation is 1. The summed E-state index contributed by atoms with van der Waals surface area (Å²) in [5.74, 6) is 0.683. The highest BCUT2D eigenvalue weighted by Gasteiger charge is 2.17. The Labute approximate surface area is 175 Å². The lowest BCUT2D eigenvalue weighted by Gasteiger charge is -2.10. The van der Waals surface area contributed by atoms with Crippen molar-refractivity contribution in [3.8, 4) is 17.1 Å². The maximum atomic E-state index is 12.3. The molecule has 0 bridgehead atoms. The zero-order valence-electron chi connectivity index (χ0n) is 15.5. The molecule has 146 valence electrons. The molecule has 0 spiro atoms. The van der Waals surface area contributed by atoms with E-state index in [1.807, 2.05) is 54.0 Å². The van der Waals surface area contributed by atoms with Crippen LogP contribution in [-0.2, 0) is 11.2 Å². The summed E-state index contributed by atoms with van der Waals surface area (Å²) >= 11 is 2.69. The highest BCUT2D eigenvalue weighted by atomic mass is 32.2. The van der Waals surface area contributed by atoms with Crippen LogP contribution < -0.4 is 5.32 Å². The van der Waals surface area contributed by atoms with Gasteiger partial charge in [0.15, 0.2) is 11.0 Å². The number of hydrogen-bond donors (Lipinski definition) is 1. The summed E-state index contributed by atoms with van der Waals surface area (Å²) in [4.78, 5) is 16.5. The molecule has 4 aromatic rings. The molecule has 29 heavy (non-hydrogen) atoms. The third kappa shape index (κ3) is 4.49. The molecule has 0 saturated heterocycles. The maximum absolute atomic E-state index is 12.3. The number of carbonyl (C=O) groups is 1. The van der Waals surface area contributed by atoms with Gasteiger partial charge in [0.2, 0.25) is 11.0 Å². The lowest BCUT2D eigenvalue weighted by Crippen LogP contribution is -2.14. The van der Waals surface area contributed by atoms with Gasteiger partial charge in [0.1, 0.15) is 5.01 Å². The number of pyridine rings is 1. The second-order valence-electron chi connectivity index (χ2n) is 5.91. The zero-order valence-corrected chi connectivity index (χ0v) is 17.2. The van der Waals surface area contributed by atoms with E-state index in [1.165, 1.54) is 23.1 Å². The summed E-state index contributed by atoms with van der Waals surface area (Å²) in [6.07, 6.45) is 4.25. The molecule has 1 N–H and O–H groups in total. The normalized spacial score (nSPS) is 10.8. The molecular weight excluding hydrogens is 406 g/mol. The minimum absolute atomic E-state index is 0.167. The first-order valence-electron chi connectivity index (χ1n) is 8.91. The van der Waals surface area contributed by atoms with Crippen molar-refractivity contribution in [1.29, 1.82) is 0 Å². The van der Waals surface area contributed by atoms with Gasteiger partial charge in [-0.25, -0.2) is 0 Å². The number of anilines is 1. The molecule has 3 aromatic heterocycles. The van der Waals surface area contributed by atoms with Gasteiger partial charge in [-0.15, -0.1) is 20.4 Å². The molecule has 0 aliphatic carbocycles. The van der Waals surface area contributed by atoms with E-state index in [2.05, 4.69) is 30.7 Å². The molecule has 0 radical (unpaired) electrons. The van der Waals surface area contributed by atoms with Gasteiger partial charge < -0.3 is 0 Å². The van der Waals surface area contributed by atoms with Crippen molar-refractivity contribution in [2.75, 3.05) is 11.1 Å². The molecule has 0 atom stereocenters. The van der Waals surface area contributed by atoms with E-state index in [4.69, 9.17) is 0 Å². The molecule has 4 rings (SSSR count). The summed E-state index contributed by atoms with van der Waals surface area (Å²) in [6, 6.07) is 13.6. The minimum atomic E-state index is -0.167. The highest BCUT2D eigenvalue weighted by Crippen LogP contribution is 2.27. The van der Waals surface area contributed by atoms with Crippen molar-refractivity contribution in [3.63, 3.8) is 0 Å². The number of nitrogens with zero attached hydrogens (tertiary/aromatic N) is 6. The largest absolute Gasteiger partial charge is 0.300 e. The Morgan fingerprint density at radius 3 is 2.69 bits per heavy atom. The van der Waals surface area contributed by atoms with Crippen LogP contribution in [0.2, 0.25) is 0 Å². The molecule has 3 heterocycles. The fourth-order valence-electron chi connectivity index (χ4n) is 2.59. The Hall–Kier alpha value is -3.11. The van der Waals surface area contributed by atoms with Crippen LogP contribution in [0.25, 0.3) is 17.1 Å². The topological polar surface area (TPSA) is 98.5 Å². The summed E-state index contributed by atoms with van der Waals surface area (Å²) in [5, 5.41) is 21.4. The van der Waals surface area contributed by atoms with Gasteiger partial charge in [0.25, 0.3) is 0 Å². The number of amides is 1. The second-order valence-corrected chi connectivity index (χ2v) is 7.91. The zero-order chi connectivity index (χ0) is 20.1. The molecule has 0 unspecified atom stereocenters. The van der Waals surface area contributed by atoms with E-state index in [1.54, 1.807) is 12.4 Å². The molecule has 0 fully saturated rings. The molecule has 8 nitrogen and oxygen atoms in total. The molecular formula is C19H17N7OS2. The van der Waals surface area contributed by atoms with Crippen LogP contribution in [0.1, 0.15) is 11.9 Å². The van der Waals surface area contributed by atoms with E-state index in [-0.39, 0.29) is 11.7 Å². The first-order valence-corrected chi connectivity index (χ1v) is 10.7. The number of para-hydroxylation sites is 1. The van der Waals surface area contributed by atoms with E-state index in [9.17, 15) is 4.79 Å². The van der Waals surface area contributed by atoms with Gasteiger partial charge >= 0.3 is 0 Å². The first-order chi connectivity index (χ1) is 14.2. The Kier molecular flexibility index (Phi) is 5.92. The van der Waals surface area contributed by atoms with E-state index in [0.717, 1.165) is 22.7 Å². The molecule has 0 aliphatic rings. The maximum Gasteiger partial charge on any atom is 0.236 e. The smallest absolute Gasteiger partial charge is 0.236 e. The van der Waals surface area contributed by atoms with Crippen LogP contribution in [0.3, 0.4) is 0 Å². The summed E-state index contributed by atoms with van der Waals surface area (Å²) in [7, 11) is 0. The number of carbonyl (C=O) groups excluding carboxylic acids is 1. The summed E-state index contributed by atoms with van der Waals surface area (Å²) in [6.45, 7) is 2.00. The van der Waals surface area contributed by atoms with Crippen molar-refractivity contribution in [2.24, 2.45) is 0 Å². The fourth-order valence-corrected chi connectivity index (χ4v) is 4.04. The molecule has 0 saturated carbocycles. The Morgan fingerprint density at radius 1 is 1.10 bits per heavy atom. The third-order valence-electron chi connectivity index (χ3n) is 3.92. The van der Waals surface area contributed by atoms with Crippen molar-refractivity contribution in [2.45, 2.75) is 18.5 Å². The number of rotatable bonds is 7. The lowest BCUT2D eigenvalue weighted by atomic mass is 10.2. The van der Waals surface area contributed by atoms with Gasteiger partial charge in [0.05, 0.1) is 5.75 Å². The molecule has 0 aliphatic heterocycles. The monoisotopic (exact) mass is 423 g/mol. The van der Waals surface area contributed by atoms with E-state index in [0.29, 0.717) is 16.1 Å². The number of thioether (sulfide) groups is 1. The van der Waals surface area contributed by atoms with Crippen molar-refractivity contribution in [3.05, 3.63) is 59.9 Å². The predicted octanol–water partition coefficient (Wildman–Crippen LogP) is 3.47. The highest BCUT2D eigenvalue weighted by molar-refractivity contribution is 7.99. The van der Waals surface area contributed by atoms with Gasteiger partial charge in [0, 0.05) is 23.6 Å². The minimum Gasteiger partial charge on any atom is -0.300 e. The standard InChI is InChI=1S/C19H17N7OS2/c1-2-16-22-24-18(29-16)21-15(27)12-28-19-25-23-17(13-7-6-10-20-11-13)26(19)14-8-4-3-5-9-14/h3-11H,2,12H2,1H3,(H,21,24,27). The molecule has 1 amide bonds. The first kappa shape index (κ1) is 19.2. The number of benzene rings is 1. The molecule has 10 heteroatoms. The van der Waals surface area contributed by atoms with E-state index < -0.39 is 0 Å². The van der Waals surface area contributed by atoms with Gasteiger partial charge in [-0.1, -0.05) is 48.2 Å². The van der Waals surface area contributed by atoms with Gasteiger partial charge in [-0.2, -0.15) is 0 Å². The molecule has 1 aromatic carbocycles.